The maximum absolute atomic E-state index is 13.0. The Kier molecular flexibility index (Phi) is 4.74. The fourth-order valence-electron chi connectivity index (χ4n) is 4.48. The van der Waals surface area contributed by atoms with Gasteiger partial charge in [-0.1, -0.05) is 24.3 Å². The predicted octanol–water partition coefficient (Wildman–Crippen LogP) is 2.45. The molecule has 3 aromatic heterocycles. The summed E-state index contributed by atoms with van der Waals surface area (Å²) in [5.41, 5.74) is 2.78. The van der Waals surface area contributed by atoms with Gasteiger partial charge in [0.25, 0.3) is 0 Å². The largest absolute Gasteiger partial charge is 0.361 e. The number of anilines is 2. The smallest absolute Gasteiger partial charge is 0.249 e. The van der Waals surface area contributed by atoms with Gasteiger partial charge in [-0.15, -0.1) is 5.10 Å². The van der Waals surface area contributed by atoms with E-state index in [1.807, 2.05) is 53.6 Å². The Labute approximate surface area is 190 Å². The fraction of sp³-hybridized carbons (Fsp3) is 0.333. The van der Waals surface area contributed by atoms with E-state index in [0.717, 1.165) is 35.1 Å². The molecule has 0 atom stereocenters. The number of carbonyl (C=O) groups excluding carboxylic acids is 2. The standard InChI is InChI=1S/C24H25N7O2/c32-22(14-17-15-25-19-5-2-1-4-18(17)19)30-12-10-29(11-13-30)21-7-3-6-20-26-24(28-31(20)21)27-23(33)16-8-9-16/h1-7,15-16,25H,8-14H2,(H,27,28,33). The number of piperazine rings is 1. The zero-order valence-electron chi connectivity index (χ0n) is 18.2. The number of rotatable bonds is 5. The summed E-state index contributed by atoms with van der Waals surface area (Å²) in [6.45, 7) is 2.72. The second kappa shape index (κ2) is 7.91. The van der Waals surface area contributed by atoms with Crippen LogP contribution >= 0.6 is 0 Å². The Morgan fingerprint density at radius 1 is 1.03 bits per heavy atom. The van der Waals surface area contributed by atoms with Crippen molar-refractivity contribution < 1.29 is 9.59 Å². The number of hydrogen-bond acceptors (Lipinski definition) is 5. The Hall–Kier alpha value is -3.88. The van der Waals surface area contributed by atoms with Crippen molar-refractivity contribution in [3.63, 3.8) is 0 Å². The van der Waals surface area contributed by atoms with Crippen molar-refractivity contribution in [3.05, 3.63) is 54.2 Å². The van der Waals surface area contributed by atoms with Crippen LogP contribution in [-0.2, 0) is 16.0 Å². The number of aromatic nitrogens is 4. The predicted molar refractivity (Wildman–Crippen MR) is 125 cm³/mol. The topological polar surface area (TPSA) is 98.6 Å². The molecule has 0 spiro atoms. The number of fused-ring (bicyclic) bond motifs is 2. The van der Waals surface area contributed by atoms with Gasteiger partial charge in [-0.25, -0.2) is 0 Å². The summed E-state index contributed by atoms with van der Waals surface area (Å²) in [6.07, 6.45) is 4.21. The van der Waals surface area contributed by atoms with Crippen LogP contribution in [0.3, 0.4) is 0 Å². The fourth-order valence-corrected chi connectivity index (χ4v) is 4.48. The van der Waals surface area contributed by atoms with Gasteiger partial charge in [0.15, 0.2) is 5.65 Å². The number of H-pyrrole nitrogens is 1. The minimum Gasteiger partial charge on any atom is -0.361 e. The SMILES string of the molecule is O=C(Nc1nc2cccc(N3CCN(C(=O)Cc4c[nH]c5ccccc45)CC3)n2n1)C1CC1. The van der Waals surface area contributed by atoms with Crippen LogP contribution in [0.2, 0.25) is 0 Å². The number of aromatic amines is 1. The first-order chi connectivity index (χ1) is 16.2. The van der Waals surface area contributed by atoms with Gasteiger partial charge < -0.3 is 14.8 Å². The molecule has 4 heterocycles. The molecule has 2 aliphatic rings. The molecule has 0 unspecified atom stereocenters. The second-order valence-corrected chi connectivity index (χ2v) is 8.76. The second-order valence-electron chi connectivity index (χ2n) is 8.76. The highest BCUT2D eigenvalue weighted by Crippen LogP contribution is 2.30. The van der Waals surface area contributed by atoms with Gasteiger partial charge in [-0.05, 0) is 36.6 Å². The highest BCUT2D eigenvalue weighted by atomic mass is 16.2. The lowest BCUT2D eigenvalue weighted by Crippen LogP contribution is -2.49. The summed E-state index contributed by atoms with van der Waals surface area (Å²) < 4.78 is 1.77. The molecule has 1 saturated carbocycles. The lowest BCUT2D eigenvalue weighted by Gasteiger charge is -2.36. The zero-order chi connectivity index (χ0) is 22.4. The van der Waals surface area contributed by atoms with Gasteiger partial charge in [-0.2, -0.15) is 9.50 Å². The number of nitrogens with zero attached hydrogens (tertiary/aromatic N) is 5. The van der Waals surface area contributed by atoms with Crippen molar-refractivity contribution in [2.24, 2.45) is 5.92 Å². The van der Waals surface area contributed by atoms with E-state index in [4.69, 9.17) is 0 Å². The van der Waals surface area contributed by atoms with Gasteiger partial charge in [0.2, 0.25) is 17.8 Å². The van der Waals surface area contributed by atoms with E-state index in [-0.39, 0.29) is 17.7 Å². The minimum atomic E-state index is -0.00483. The molecule has 1 saturated heterocycles. The zero-order valence-corrected chi connectivity index (χ0v) is 18.2. The average Bonchev–Trinajstić information content (AvgIpc) is 3.50. The third-order valence-corrected chi connectivity index (χ3v) is 6.50. The Bertz CT molecular complexity index is 1350. The van der Waals surface area contributed by atoms with Crippen LogP contribution in [-0.4, -0.2) is 62.5 Å². The molecule has 0 bridgehead atoms. The molecule has 6 rings (SSSR count). The van der Waals surface area contributed by atoms with Crippen molar-refractivity contribution >= 4 is 40.1 Å². The lowest BCUT2D eigenvalue weighted by atomic mass is 10.1. The van der Waals surface area contributed by atoms with Gasteiger partial charge in [0.05, 0.1) is 6.42 Å². The third kappa shape index (κ3) is 3.79. The average molecular weight is 444 g/mol. The van der Waals surface area contributed by atoms with Crippen LogP contribution in [0.15, 0.2) is 48.7 Å². The number of amides is 2. The minimum absolute atomic E-state index is 0.00483. The number of benzene rings is 1. The summed E-state index contributed by atoms with van der Waals surface area (Å²) in [5, 5.41) is 8.45. The van der Waals surface area contributed by atoms with Crippen molar-refractivity contribution in [2.75, 3.05) is 36.4 Å². The molecule has 33 heavy (non-hydrogen) atoms. The van der Waals surface area contributed by atoms with E-state index in [1.54, 1.807) is 4.52 Å². The van der Waals surface area contributed by atoms with Gasteiger partial charge in [0, 0.05) is 49.2 Å². The quantitative estimate of drug-likeness (QED) is 0.494. The monoisotopic (exact) mass is 443 g/mol. The molecule has 9 nitrogen and oxygen atoms in total. The molecule has 9 heteroatoms. The first-order valence-electron chi connectivity index (χ1n) is 11.4. The van der Waals surface area contributed by atoms with Crippen LogP contribution < -0.4 is 10.2 Å². The van der Waals surface area contributed by atoms with Crippen molar-refractivity contribution in [1.82, 2.24) is 24.5 Å². The Morgan fingerprint density at radius 2 is 1.85 bits per heavy atom. The first-order valence-corrected chi connectivity index (χ1v) is 11.4. The summed E-state index contributed by atoms with van der Waals surface area (Å²) in [6, 6.07) is 13.9. The van der Waals surface area contributed by atoms with E-state index >= 15 is 0 Å². The van der Waals surface area contributed by atoms with Crippen LogP contribution in [0.4, 0.5) is 11.8 Å². The molecule has 2 fully saturated rings. The number of pyridine rings is 1. The maximum atomic E-state index is 13.0. The molecule has 2 N–H and O–H groups in total. The molecule has 1 aliphatic carbocycles. The number of hydrogen-bond donors (Lipinski definition) is 2. The molecule has 1 aromatic carbocycles. The van der Waals surface area contributed by atoms with Crippen molar-refractivity contribution in [1.29, 1.82) is 0 Å². The highest BCUT2D eigenvalue weighted by molar-refractivity contribution is 5.92. The molecule has 2 amide bonds. The van der Waals surface area contributed by atoms with Crippen LogP contribution in [0.1, 0.15) is 18.4 Å². The van der Waals surface area contributed by atoms with Crippen molar-refractivity contribution in [3.8, 4) is 0 Å². The molecule has 0 radical (unpaired) electrons. The Morgan fingerprint density at radius 3 is 2.67 bits per heavy atom. The van der Waals surface area contributed by atoms with Crippen LogP contribution in [0.5, 0.6) is 0 Å². The number of carbonyl (C=O) groups is 2. The molecule has 4 aromatic rings. The van der Waals surface area contributed by atoms with Gasteiger partial charge >= 0.3 is 0 Å². The summed E-state index contributed by atoms with van der Waals surface area (Å²) in [4.78, 5) is 36.9. The van der Waals surface area contributed by atoms with Gasteiger partial charge in [0.1, 0.15) is 5.82 Å². The normalized spacial score (nSPS) is 16.5. The van der Waals surface area contributed by atoms with E-state index in [2.05, 4.69) is 25.3 Å². The molecule has 1 aliphatic heterocycles. The van der Waals surface area contributed by atoms with E-state index in [0.29, 0.717) is 44.2 Å². The van der Waals surface area contributed by atoms with Gasteiger partial charge in [-0.3, -0.25) is 14.9 Å². The third-order valence-electron chi connectivity index (χ3n) is 6.50. The summed E-state index contributed by atoms with van der Waals surface area (Å²) >= 11 is 0. The van der Waals surface area contributed by atoms with E-state index in [9.17, 15) is 9.59 Å². The lowest BCUT2D eigenvalue weighted by molar-refractivity contribution is -0.130. The number of para-hydroxylation sites is 1. The first kappa shape index (κ1) is 19.8. The summed E-state index contributed by atoms with van der Waals surface area (Å²) in [5.74, 6) is 1.49. The van der Waals surface area contributed by atoms with Crippen LogP contribution in [0.25, 0.3) is 16.6 Å². The Balaban J connectivity index is 1.13. The van der Waals surface area contributed by atoms with E-state index in [1.165, 1.54) is 0 Å². The summed E-state index contributed by atoms with van der Waals surface area (Å²) in [7, 11) is 0. The van der Waals surface area contributed by atoms with Crippen LogP contribution in [0, 0.1) is 5.92 Å². The maximum Gasteiger partial charge on any atom is 0.249 e. The molecular weight excluding hydrogens is 418 g/mol. The van der Waals surface area contributed by atoms with Crippen molar-refractivity contribution in [2.45, 2.75) is 19.3 Å². The molecule has 168 valence electrons. The molecular formula is C24H25N7O2. The highest BCUT2D eigenvalue weighted by Gasteiger charge is 2.30. The number of nitrogens with one attached hydrogen (secondary N) is 2. The van der Waals surface area contributed by atoms with E-state index < -0.39 is 0 Å².